The van der Waals surface area contributed by atoms with E-state index in [1.54, 1.807) is 6.07 Å². The second-order valence-corrected chi connectivity index (χ2v) is 5.18. The first-order valence-electron chi connectivity index (χ1n) is 5.48. The van der Waals surface area contributed by atoms with Crippen LogP contribution in [0.25, 0.3) is 0 Å². The number of thioether (sulfide) groups is 1. The van der Waals surface area contributed by atoms with Crippen LogP contribution in [0.3, 0.4) is 0 Å². The Labute approximate surface area is 113 Å². The van der Waals surface area contributed by atoms with Gasteiger partial charge in [-0.1, -0.05) is 30.0 Å². The van der Waals surface area contributed by atoms with Crippen LogP contribution in [0, 0.1) is 51.1 Å². The molecule has 1 aliphatic rings. The van der Waals surface area contributed by atoms with E-state index in [9.17, 15) is 14.9 Å². The molecule has 1 fully saturated rings. The maximum absolute atomic E-state index is 13.9. The van der Waals surface area contributed by atoms with Crippen molar-refractivity contribution in [2.45, 2.75) is 5.92 Å². The monoisotopic (exact) mass is 272 g/mol. The molecule has 0 spiro atoms. The Hall–Kier alpha value is -2.18. The largest absolute Gasteiger partial charge is 0.297 e. The first-order chi connectivity index (χ1) is 9.10. The normalized spacial score (nSPS) is 26.6. The SMILES string of the molecule is N#CC1C(=N)SC(=N)C(C#N)C1c1ccccc1F. The average molecular weight is 272 g/mol. The van der Waals surface area contributed by atoms with Crippen molar-refractivity contribution in [1.82, 2.24) is 0 Å². The van der Waals surface area contributed by atoms with Gasteiger partial charge >= 0.3 is 0 Å². The molecular weight excluding hydrogens is 263 g/mol. The molecule has 1 saturated heterocycles. The molecule has 0 radical (unpaired) electrons. The van der Waals surface area contributed by atoms with Crippen molar-refractivity contribution in [3.05, 3.63) is 35.6 Å². The van der Waals surface area contributed by atoms with Gasteiger partial charge in [0.15, 0.2) is 0 Å². The molecular formula is C13H9FN4S. The lowest BCUT2D eigenvalue weighted by Crippen LogP contribution is -2.34. The number of hydrogen-bond acceptors (Lipinski definition) is 5. The van der Waals surface area contributed by atoms with E-state index in [0.29, 0.717) is 0 Å². The van der Waals surface area contributed by atoms with Gasteiger partial charge in [0.2, 0.25) is 0 Å². The highest BCUT2D eigenvalue weighted by molar-refractivity contribution is 8.26. The third kappa shape index (κ3) is 2.23. The number of nitrogens with zero attached hydrogens (tertiary/aromatic N) is 2. The number of halogens is 1. The van der Waals surface area contributed by atoms with Crippen LogP contribution >= 0.6 is 11.8 Å². The standard InChI is InChI=1S/C13H9FN4S/c14-10-4-2-1-3-7(10)11-8(5-15)12(17)19-13(18)9(11)6-16/h1-4,8-9,11,17-18H. The highest BCUT2D eigenvalue weighted by Crippen LogP contribution is 2.43. The lowest BCUT2D eigenvalue weighted by molar-refractivity contribution is 0.525. The maximum atomic E-state index is 13.9. The van der Waals surface area contributed by atoms with Crippen LogP contribution in [0.4, 0.5) is 4.39 Å². The fourth-order valence-corrected chi connectivity index (χ4v) is 3.04. The summed E-state index contributed by atoms with van der Waals surface area (Å²) in [7, 11) is 0. The first kappa shape index (κ1) is 13.3. The molecule has 94 valence electrons. The maximum Gasteiger partial charge on any atom is 0.126 e. The van der Waals surface area contributed by atoms with Crippen molar-refractivity contribution >= 4 is 21.8 Å². The molecule has 0 aromatic heterocycles. The minimum atomic E-state index is -0.888. The van der Waals surface area contributed by atoms with Gasteiger partial charge in [-0.2, -0.15) is 10.5 Å². The smallest absolute Gasteiger partial charge is 0.126 e. The summed E-state index contributed by atoms with van der Waals surface area (Å²) in [5.74, 6) is -3.08. The van der Waals surface area contributed by atoms with Crippen molar-refractivity contribution < 1.29 is 4.39 Å². The Morgan fingerprint density at radius 3 is 2.05 bits per heavy atom. The van der Waals surface area contributed by atoms with Gasteiger partial charge in [0.1, 0.15) is 17.7 Å². The molecule has 4 nitrogen and oxygen atoms in total. The number of benzene rings is 1. The highest BCUT2D eigenvalue weighted by Gasteiger charge is 2.43. The van der Waals surface area contributed by atoms with Crippen LogP contribution in [-0.2, 0) is 0 Å². The van der Waals surface area contributed by atoms with E-state index in [1.807, 2.05) is 12.1 Å². The molecule has 1 heterocycles. The minimum absolute atomic E-state index is 0.00717. The summed E-state index contributed by atoms with van der Waals surface area (Å²) in [5.41, 5.74) is 0.218. The topological polar surface area (TPSA) is 95.3 Å². The van der Waals surface area contributed by atoms with Gasteiger partial charge in [0.05, 0.1) is 22.2 Å². The summed E-state index contributed by atoms with van der Waals surface area (Å²) in [5, 5.41) is 33.9. The molecule has 2 rings (SSSR count). The van der Waals surface area contributed by atoms with E-state index < -0.39 is 23.6 Å². The molecule has 6 heteroatoms. The summed E-state index contributed by atoms with van der Waals surface area (Å²) < 4.78 is 13.9. The molecule has 1 aliphatic heterocycles. The van der Waals surface area contributed by atoms with Gasteiger partial charge in [-0.15, -0.1) is 0 Å². The molecule has 0 amide bonds. The van der Waals surface area contributed by atoms with Gasteiger partial charge in [-0.05, 0) is 11.6 Å². The van der Waals surface area contributed by atoms with Crippen LogP contribution < -0.4 is 0 Å². The molecule has 2 atom stereocenters. The minimum Gasteiger partial charge on any atom is -0.297 e. The average Bonchev–Trinajstić information content (AvgIpc) is 2.38. The Balaban J connectivity index is 2.57. The van der Waals surface area contributed by atoms with E-state index in [4.69, 9.17) is 10.8 Å². The fraction of sp³-hybridized carbons (Fsp3) is 0.231. The van der Waals surface area contributed by atoms with Gasteiger partial charge in [0.25, 0.3) is 0 Å². The van der Waals surface area contributed by atoms with Crippen LogP contribution in [0.15, 0.2) is 24.3 Å². The summed E-state index contributed by atoms with van der Waals surface area (Å²) in [6.07, 6.45) is 0. The number of rotatable bonds is 1. The van der Waals surface area contributed by atoms with Gasteiger partial charge in [-0.25, -0.2) is 4.39 Å². The van der Waals surface area contributed by atoms with E-state index in [2.05, 4.69) is 0 Å². The van der Waals surface area contributed by atoms with E-state index >= 15 is 0 Å². The summed E-state index contributed by atoms with van der Waals surface area (Å²) >= 11 is 0.810. The zero-order chi connectivity index (χ0) is 14.0. The predicted molar refractivity (Wildman–Crippen MR) is 70.4 cm³/mol. The zero-order valence-electron chi connectivity index (χ0n) is 9.72. The first-order valence-corrected chi connectivity index (χ1v) is 6.30. The molecule has 19 heavy (non-hydrogen) atoms. The highest BCUT2D eigenvalue weighted by atomic mass is 32.2. The molecule has 0 saturated carbocycles. The van der Waals surface area contributed by atoms with Crippen molar-refractivity contribution in [3.8, 4) is 12.1 Å². The van der Waals surface area contributed by atoms with Gasteiger partial charge < -0.3 is 0 Å². The van der Waals surface area contributed by atoms with Crippen LogP contribution in [0.1, 0.15) is 11.5 Å². The van der Waals surface area contributed by atoms with Crippen molar-refractivity contribution in [2.75, 3.05) is 0 Å². The molecule has 0 bridgehead atoms. The van der Waals surface area contributed by atoms with E-state index in [1.165, 1.54) is 18.2 Å². The second kappa shape index (κ2) is 5.21. The Morgan fingerprint density at radius 2 is 1.58 bits per heavy atom. The molecule has 1 aromatic rings. The van der Waals surface area contributed by atoms with Crippen molar-refractivity contribution in [2.24, 2.45) is 11.8 Å². The van der Waals surface area contributed by atoms with E-state index in [0.717, 1.165) is 11.8 Å². The number of hydrogen-bond donors (Lipinski definition) is 2. The summed E-state index contributed by atoms with van der Waals surface area (Å²) in [6, 6.07) is 9.82. The zero-order valence-corrected chi connectivity index (χ0v) is 10.5. The lowest BCUT2D eigenvalue weighted by Gasteiger charge is -2.31. The van der Waals surface area contributed by atoms with Crippen LogP contribution in [0.2, 0.25) is 0 Å². The van der Waals surface area contributed by atoms with Crippen molar-refractivity contribution in [3.63, 3.8) is 0 Å². The summed E-state index contributed by atoms with van der Waals surface area (Å²) in [6.45, 7) is 0. The van der Waals surface area contributed by atoms with Crippen molar-refractivity contribution in [1.29, 1.82) is 21.3 Å². The second-order valence-electron chi connectivity index (χ2n) is 4.09. The Bertz CT molecular complexity index is 596. The van der Waals surface area contributed by atoms with Crippen LogP contribution in [0.5, 0.6) is 0 Å². The lowest BCUT2D eigenvalue weighted by atomic mass is 9.78. The number of nitriles is 2. The van der Waals surface area contributed by atoms with Gasteiger partial charge in [-0.3, -0.25) is 10.8 Å². The molecule has 0 aliphatic carbocycles. The summed E-state index contributed by atoms with van der Waals surface area (Å²) in [4.78, 5) is 0. The van der Waals surface area contributed by atoms with E-state index in [-0.39, 0.29) is 15.7 Å². The number of nitrogens with one attached hydrogen (secondary N) is 2. The molecule has 1 aromatic carbocycles. The predicted octanol–water partition coefficient (Wildman–Crippen LogP) is 2.89. The third-order valence-corrected chi connectivity index (χ3v) is 3.99. The van der Waals surface area contributed by atoms with Crippen LogP contribution in [-0.4, -0.2) is 10.1 Å². The Morgan fingerprint density at radius 1 is 1.05 bits per heavy atom. The van der Waals surface area contributed by atoms with Gasteiger partial charge in [0, 0.05) is 5.92 Å². The molecule has 2 unspecified atom stereocenters. The Kier molecular flexibility index (Phi) is 3.64. The quantitative estimate of drug-likeness (QED) is 0.822. The third-order valence-electron chi connectivity index (χ3n) is 3.05. The molecule has 2 N–H and O–H groups in total. The fourth-order valence-electron chi connectivity index (χ4n) is 2.15.